The maximum Gasteiger partial charge on any atom is 2.00 e. The predicted molar refractivity (Wildman–Crippen MR) is 349 cm³/mol. The molecule has 0 saturated heterocycles. The molecule has 3 aliphatic rings. The van der Waals surface area contributed by atoms with E-state index in [4.69, 9.17) is 22.5 Å². The number of nitrogens with zero attached hydrogens (tertiary/aromatic N) is 8. The van der Waals surface area contributed by atoms with Crippen LogP contribution in [0.1, 0.15) is 158 Å². The second kappa shape index (κ2) is 35.1. The zero-order chi connectivity index (χ0) is 56.8. The van der Waals surface area contributed by atoms with E-state index in [-0.39, 0.29) is 111 Å². The van der Waals surface area contributed by atoms with Crippen LogP contribution in [0.25, 0.3) is 65.1 Å². The van der Waals surface area contributed by atoms with Crippen molar-refractivity contribution < 1.29 is 100 Å². The third-order valence-electron chi connectivity index (χ3n) is 14.1. The molecule has 10 nitrogen and oxygen atoms in total. The van der Waals surface area contributed by atoms with E-state index in [9.17, 15) is 10.2 Å². The van der Waals surface area contributed by atoms with Crippen molar-refractivity contribution in [2.24, 2.45) is 4.99 Å². The van der Waals surface area contributed by atoms with Gasteiger partial charge in [-0.1, -0.05) is 153 Å². The summed E-state index contributed by atoms with van der Waals surface area (Å²) in [5.74, 6) is 1.64. The molecule has 3 aliphatic heterocycles. The first-order valence-electron chi connectivity index (χ1n) is 27.9. The number of para-hydroxylation sites is 3. The molecule has 0 saturated carbocycles. The minimum absolute atomic E-state index is 0. The van der Waals surface area contributed by atoms with Gasteiger partial charge in [0.25, 0.3) is 7.98 Å². The molecule has 3 aromatic carbocycles. The Balaban J connectivity index is 0.000000446. The third-order valence-corrected chi connectivity index (χ3v) is 16.1. The van der Waals surface area contributed by atoms with Gasteiger partial charge in [-0.3, -0.25) is 4.99 Å². The number of thiazole rings is 1. The summed E-state index contributed by atoms with van der Waals surface area (Å²) in [6.07, 6.45) is 7.60. The fourth-order valence-corrected chi connectivity index (χ4v) is 12.3. The SMILES string of the molecule is C.C.CCC1=C(CC)c2cc3[n-]c(cc4nc(cc5[n-]c(cc1n2)c(CC)c5CC)C(CC)=C4CC)c(CC)c3CC.Oc1ccccc1-c1nc2ccccc2s1.Oc1ccccc1C1=NCCS1.[2H]P[2H].[BH]n1nc(C)cc1C.[Eu].[Pt+2].[Zn]. The Morgan fingerprint density at radius 3 is 1.29 bits per heavy atom. The van der Waals surface area contributed by atoms with E-state index >= 15 is 0 Å². The van der Waals surface area contributed by atoms with Crippen LogP contribution in [0.2, 0.25) is 0 Å². The van der Waals surface area contributed by atoms with Crippen LogP contribution in [0.15, 0.2) is 108 Å². The minimum Gasteiger partial charge on any atom is -0.657 e. The first kappa shape index (κ1) is 70.9. The molecular formula is C65H81BEuN8O2PPtS2Zn. The molecule has 432 valence electrons. The van der Waals surface area contributed by atoms with Crippen molar-refractivity contribution in [2.75, 3.05) is 12.3 Å². The standard InChI is InChI=1S/C36H44N4.C13H9NOS.C9H9NOS.C5H8BN2.2CH4.Eu.H3P.Pt.Zn/c1-9-21-22(10-2)30-18-32-25(13-5)26(14-6)34(39-32)20-36-28(16-8)27(15-7)35(40-36)19-33-24(12-4)23(11-3)31(38-33)17-29(21)37-30;15-11-7-3-1-5-9(11)13-14-10-6-2-4-8-12(10)16-13;11-8-4-2-1-3-7(8)9-10-5-6-12-9;1-4-3-5(2)8(6)7-4;;;;;;/h17-20H,9-16H2,1-8H3;1-8,15H;1-4,11H,5-6H2;3,6H,1-2H3;2*1H4;;1H3;;/q-2;;;;;;;;+2;/i;;;;;;;1D2;;. The molecule has 11 rings (SSSR count). The fourth-order valence-electron chi connectivity index (χ4n) is 10.4. The van der Waals surface area contributed by atoms with E-state index in [0.29, 0.717) is 5.75 Å². The van der Waals surface area contributed by atoms with Gasteiger partial charge in [-0.2, -0.15) is 14.9 Å². The number of hydrogen-bond acceptors (Lipinski definition) is 9. The Bertz CT molecular complexity index is 3420. The molecule has 2 N–H and O–H groups in total. The van der Waals surface area contributed by atoms with Crippen molar-refractivity contribution in [3.8, 4) is 22.1 Å². The monoisotopic (exact) mass is 1530 g/mol. The first-order valence-corrected chi connectivity index (χ1v) is 28.7. The topological polar surface area (TPSA) is 138 Å². The Hall–Kier alpha value is -3.63. The summed E-state index contributed by atoms with van der Waals surface area (Å²) in [7, 11) is 3.23. The Morgan fingerprint density at radius 1 is 0.585 bits per heavy atom. The number of allylic oxidation sites excluding steroid dienone is 4. The Morgan fingerprint density at radius 2 is 0.976 bits per heavy atom. The van der Waals surface area contributed by atoms with Crippen LogP contribution >= 0.6 is 32.9 Å². The number of fused-ring (bicyclic) bond motifs is 9. The number of hydrogen-bond donors (Lipinski definition) is 2. The van der Waals surface area contributed by atoms with Crippen molar-refractivity contribution in [1.29, 1.82) is 2.56 Å². The number of thioether (sulfide) groups is 1. The van der Waals surface area contributed by atoms with Crippen molar-refractivity contribution in [3.05, 3.63) is 165 Å². The van der Waals surface area contributed by atoms with Gasteiger partial charge in [-0.15, -0.1) is 45.2 Å². The van der Waals surface area contributed by atoms with Gasteiger partial charge in [0, 0.05) is 92.4 Å². The van der Waals surface area contributed by atoms with Gasteiger partial charge < -0.3 is 24.8 Å². The average molecular weight is 1530 g/mol. The zero-order valence-corrected chi connectivity index (χ0v) is 58.1. The summed E-state index contributed by atoms with van der Waals surface area (Å²) >= 11 is 3.29. The van der Waals surface area contributed by atoms with Gasteiger partial charge in [0.15, 0.2) is 0 Å². The van der Waals surface area contributed by atoms with Crippen molar-refractivity contribution in [3.63, 3.8) is 0 Å². The van der Waals surface area contributed by atoms with E-state index < -0.39 is 9.79 Å². The molecule has 0 unspecified atom stereocenters. The summed E-state index contributed by atoms with van der Waals surface area (Å²) in [6.45, 7) is 22.7. The number of aryl methyl sites for hydroxylation is 6. The van der Waals surface area contributed by atoms with Gasteiger partial charge in [-0.05, 0) is 130 Å². The molecule has 0 aliphatic carbocycles. The van der Waals surface area contributed by atoms with Crippen molar-refractivity contribution in [2.45, 2.75) is 135 Å². The van der Waals surface area contributed by atoms with Crippen LogP contribution in [0.5, 0.6) is 11.5 Å². The van der Waals surface area contributed by atoms with Crippen LogP contribution in [0.4, 0.5) is 0 Å². The second-order valence-corrected chi connectivity index (χ2v) is 20.9. The second-order valence-electron chi connectivity index (χ2n) is 18.7. The first-order chi connectivity index (χ1) is 38.3. The van der Waals surface area contributed by atoms with Gasteiger partial charge in [0.1, 0.15) is 21.6 Å². The maximum absolute atomic E-state index is 9.76. The largest absolute Gasteiger partial charge is 2.00 e. The van der Waals surface area contributed by atoms with E-state index in [1.54, 1.807) is 39.8 Å². The van der Waals surface area contributed by atoms with Gasteiger partial charge in [-0.25, -0.2) is 15.0 Å². The quantitative estimate of drug-likeness (QED) is 0.101. The minimum atomic E-state index is -0.417. The predicted octanol–water partition coefficient (Wildman–Crippen LogP) is 16.3. The van der Waals surface area contributed by atoms with Gasteiger partial charge >= 0.3 is 21.1 Å². The normalized spacial score (nSPS) is 12.3. The van der Waals surface area contributed by atoms with E-state index in [1.165, 1.54) is 44.5 Å². The van der Waals surface area contributed by atoms with Crippen LogP contribution in [-0.2, 0) is 66.2 Å². The van der Waals surface area contributed by atoms with E-state index in [1.807, 2.05) is 80.6 Å². The number of phenolic OH excluding ortho intramolecular Hbond substituents is 2. The molecule has 17 heteroatoms. The number of rotatable bonds is 10. The number of phenols is 2. The summed E-state index contributed by atoms with van der Waals surface area (Å²) in [5, 5.41) is 25.1. The molecule has 2 radical (unpaired) electrons. The summed E-state index contributed by atoms with van der Waals surface area (Å²) < 4.78 is 14.6. The summed E-state index contributed by atoms with van der Waals surface area (Å²) in [5.41, 5.74) is 23.9. The fraction of sp³-hybridized carbons (Fsp3) is 0.338. The number of aliphatic imine (C=N–C) groups is 1. The van der Waals surface area contributed by atoms with Crippen molar-refractivity contribution in [1.82, 2.24) is 34.6 Å². The molecule has 0 atom stereocenters. The summed E-state index contributed by atoms with van der Waals surface area (Å²) in [4.78, 5) is 29.8. The molecule has 0 spiro atoms. The van der Waals surface area contributed by atoms with E-state index in [0.717, 1.165) is 151 Å². The molecule has 5 aromatic heterocycles. The van der Waals surface area contributed by atoms with E-state index in [2.05, 4.69) is 103 Å². The van der Waals surface area contributed by atoms with Gasteiger partial charge in [0.05, 0.1) is 46.8 Å². The van der Waals surface area contributed by atoms with Gasteiger partial charge in [0.2, 0.25) is 0 Å². The Labute approximate surface area is 571 Å². The van der Waals surface area contributed by atoms with Crippen LogP contribution in [-0.4, -0.2) is 62.7 Å². The van der Waals surface area contributed by atoms with Crippen LogP contribution < -0.4 is 9.97 Å². The molecule has 0 fully saturated rings. The molecular weight excluding hydrogens is 1440 g/mol. The van der Waals surface area contributed by atoms with Crippen molar-refractivity contribution >= 4 is 100 Å². The maximum atomic E-state index is 9.76. The Kier molecular flexibility index (Phi) is 30.3. The smallest absolute Gasteiger partial charge is 0.657 e. The molecule has 0 amide bonds. The number of aromatic hydroxyl groups is 2. The zero-order valence-electron chi connectivity index (χ0n) is 49.8. The van der Waals surface area contributed by atoms with Crippen LogP contribution in [0.3, 0.4) is 0 Å². The molecule has 8 aromatic rings. The summed E-state index contributed by atoms with van der Waals surface area (Å²) in [6, 6.07) is 33.6. The third kappa shape index (κ3) is 16.9. The molecule has 8 heterocycles. The average Bonchev–Trinajstić information content (AvgIpc) is 4.54. The number of aromatic nitrogens is 7. The molecule has 8 bridgehead atoms. The molecule has 82 heavy (non-hydrogen) atoms. The number of benzene rings is 3. The van der Waals surface area contributed by atoms with Crippen LogP contribution in [0, 0.1) is 63.2 Å².